The SMILES string of the molecule is CN(CCC(=O)O)C(=O)NCc1ccccc1Cn1cccn1. The zero-order valence-electron chi connectivity index (χ0n) is 13.0. The van der Waals surface area contributed by atoms with Gasteiger partial charge in [-0.15, -0.1) is 0 Å². The monoisotopic (exact) mass is 316 g/mol. The van der Waals surface area contributed by atoms with Gasteiger partial charge in [0.05, 0.1) is 13.0 Å². The summed E-state index contributed by atoms with van der Waals surface area (Å²) in [7, 11) is 1.58. The molecule has 122 valence electrons. The number of urea groups is 1. The predicted octanol–water partition coefficient (Wildman–Crippen LogP) is 1.55. The average molecular weight is 316 g/mol. The zero-order valence-corrected chi connectivity index (χ0v) is 13.0. The van der Waals surface area contributed by atoms with Crippen LogP contribution in [0.3, 0.4) is 0 Å². The molecule has 2 N–H and O–H groups in total. The Bertz CT molecular complexity index is 655. The number of nitrogens with zero attached hydrogens (tertiary/aromatic N) is 3. The third kappa shape index (κ3) is 5.14. The summed E-state index contributed by atoms with van der Waals surface area (Å²) in [5, 5.41) is 15.6. The van der Waals surface area contributed by atoms with E-state index in [0.29, 0.717) is 13.1 Å². The van der Waals surface area contributed by atoms with E-state index >= 15 is 0 Å². The first-order valence-electron chi connectivity index (χ1n) is 7.31. The van der Waals surface area contributed by atoms with Gasteiger partial charge in [-0.1, -0.05) is 24.3 Å². The highest BCUT2D eigenvalue weighted by Gasteiger charge is 2.11. The number of hydrogen-bond donors (Lipinski definition) is 2. The molecule has 0 saturated heterocycles. The summed E-state index contributed by atoms with van der Waals surface area (Å²) in [6, 6.07) is 9.39. The minimum Gasteiger partial charge on any atom is -0.481 e. The molecular weight excluding hydrogens is 296 g/mol. The number of nitrogens with one attached hydrogen (secondary N) is 1. The lowest BCUT2D eigenvalue weighted by molar-refractivity contribution is -0.137. The number of carbonyl (C=O) groups excluding carboxylic acids is 1. The van der Waals surface area contributed by atoms with Crippen molar-refractivity contribution >= 4 is 12.0 Å². The third-order valence-electron chi connectivity index (χ3n) is 3.45. The van der Waals surface area contributed by atoms with E-state index < -0.39 is 5.97 Å². The minimum atomic E-state index is -0.922. The van der Waals surface area contributed by atoms with E-state index in [1.807, 2.05) is 41.2 Å². The molecule has 0 aliphatic heterocycles. The lowest BCUT2D eigenvalue weighted by Gasteiger charge is -2.18. The van der Waals surface area contributed by atoms with Crippen LogP contribution in [0.4, 0.5) is 4.79 Å². The summed E-state index contributed by atoms with van der Waals surface area (Å²) in [5.41, 5.74) is 2.08. The average Bonchev–Trinajstić information content (AvgIpc) is 3.04. The van der Waals surface area contributed by atoms with Crippen molar-refractivity contribution in [3.63, 3.8) is 0 Å². The van der Waals surface area contributed by atoms with Crippen molar-refractivity contribution in [3.05, 3.63) is 53.9 Å². The molecule has 23 heavy (non-hydrogen) atoms. The van der Waals surface area contributed by atoms with Crippen LogP contribution in [0, 0.1) is 0 Å². The normalized spacial score (nSPS) is 10.3. The molecule has 0 aliphatic rings. The molecule has 1 heterocycles. The Kier molecular flexibility index (Phi) is 5.74. The largest absolute Gasteiger partial charge is 0.481 e. The van der Waals surface area contributed by atoms with E-state index in [2.05, 4.69) is 10.4 Å². The third-order valence-corrected chi connectivity index (χ3v) is 3.45. The number of aliphatic carboxylic acids is 1. The Labute approximate surface area is 134 Å². The van der Waals surface area contributed by atoms with E-state index in [9.17, 15) is 9.59 Å². The molecule has 2 rings (SSSR count). The first-order valence-corrected chi connectivity index (χ1v) is 7.31. The molecular formula is C16H20N4O3. The van der Waals surface area contributed by atoms with Crippen LogP contribution >= 0.6 is 0 Å². The Balaban J connectivity index is 1.92. The highest BCUT2D eigenvalue weighted by molar-refractivity contribution is 5.75. The highest BCUT2D eigenvalue weighted by atomic mass is 16.4. The smallest absolute Gasteiger partial charge is 0.317 e. The molecule has 2 amide bonds. The molecule has 7 nitrogen and oxygen atoms in total. The molecule has 0 radical (unpaired) electrons. The number of aromatic nitrogens is 2. The van der Waals surface area contributed by atoms with Gasteiger partial charge in [0, 0.05) is 32.5 Å². The van der Waals surface area contributed by atoms with Crippen molar-refractivity contribution in [3.8, 4) is 0 Å². The Hall–Kier alpha value is -2.83. The van der Waals surface area contributed by atoms with Crippen LogP contribution in [0.5, 0.6) is 0 Å². The van der Waals surface area contributed by atoms with Gasteiger partial charge < -0.3 is 15.3 Å². The Morgan fingerprint density at radius 1 is 1.26 bits per heavy atom. The lowest BCUT2D eigenvalue weighted by atomic mass is 10.1. The molecule has 0 saturated carbocycles. The van der Waals surface area contributed by atoms with Crippen LogP contribution in [-0.2, 0) is 17.9 Å². The molecule has 2 aromatic rings. The molecule has 1 aromatic carbocycles. The van der Waals surface area contributed by atoms with Gasteiger partial charge in [0.25, 0.3) is 0 Å². The van der Waals surface area contributed by atoms with Crippen LogP contribution in [0.25, 0.3) is 0 Å². The summed E-state index contributed by atoms with van der Waals surface area (Å²) < 4.78 is 1.82. The predicted molar refractivity (Wildman–Crippen MR) is 84.9 cm³/mol. The first kappa shape index (κ1) is 16.5. The van der Waals surface area contributed by atoms with Gasteiger partial charge in [0.1, 0.15) is 0 Å². The highest BCUT2D eigenvalue weighted by Crippen LogP contribution is 2.10. The lowest BCUT2D eigenvalue weighted by Crippen LogP contribution is -2.38. The molecule has 0 fully saturated rings. The standard InChI is InChI=1S/C16H20N4O3/c1-19(10-7-15(21)22)16(23)17-11-13-5-2-3-6-14(13)12-20-9-4-8-18-20/h2-6,8-9H,7,10-12H2,1H3,(H,17,23)(H,21,22). The van der Waals surface area contributed by atoms with Crippen molar-refractivity contribution in [2.45, 2.75) is 19.5 Å². The fraction of sp³-hybridized carbons (Fsp3) is 0.312. The fourth-order valence-corrected chi connectivity index (χ4v) is 2.12. The second-order valence-corrected chi connectivity index (χ2v) is 5.20. The van der Waals surface area contributed by atoms with Crippen LogP contribution in [-0.4, -0.2) is 45.4 Å². The van der Waals surface area contributed by atoms with E-state index in [0.717, 1.165) is 11.1 Å². The summed E-state index contributed by atoms with van der Waals surface area (Å²) >= 11 is 0. The van der Waals surface area contributed by atoms with Crippen molar-refractivity contribution in [2.75, 3.05) is 13.6 Å². The molecule has 0 bridgehead atoms. The molecule has 0 spiro atoms. The van der Waals surface area contributed by atoms with Gasteiger partial charge in [0.15, 0.2) is 0 Å². The van der Waals surface area contributed by atoms with Crippen LogP contribution in [0.15, 0.2) is 42.7 Å². The quantitative estimate of drug-likeness (QED) is 0.811. The number of hydrogen-bond acceptors (Lipinski definition) is 3. The molecule has 0 unspecified atom stereocenters. The first-order chi connectivity index (χ1) is 11.1. The molecule has 1 aromatic heterocycles. The number of rotatable bonds is 7. The van der Waals surface area contributed by atoms with Gasteiger partial charge >= 0.3 is 12.0 Å². The zero-order chi connectivity index (χ0) is 16.7. The maximum Gasteiger partial charge on any atom is 0.317 e. The van der Waals surface area contributed by atoms with Gasteiger partial charge in [-0.25, -0.2) is 4.79 Å². The van der Waals surface area contributed by atoms with E-state index in [1.54, 1.807) is 13.2 Å². The second-order valence-electron chi connectivity index (χ2n) is 5.20. The summed E-state index contributed by atoms with van der Waals surface area (Å²) in [4.78, 5) is 23.9. The minimum absolute atomic E-state index is 0.0696. The van der Waals surface area contributed by atoms with Gasteiger partial charge in [-0.05, 0) is 17.2 Å². The Morgan fingerprint density at radius 3 is 2.65 bits per heavy atom. The van der Waals surface area contributed by atoms with E-state index in [-0.39, 0.29) is 19.0 Å². The topological polar surface area (TPSA) is 87.5 Å². The fourth-order valence-electron chi connectivity index (χ4n) is 2.12. The number of carbonyl (C=O) groups is 2. The summed E-state index contributed by atoms with van der Waals surface area (Å²) in [6.07, 6.45) is 3.54. The second kappa shape index (κ2) is 7.98. The number of benzene rings is 1. The maximum absolute atomic E-state index is 12.0. The number of carboxylic acids is 1. The van der Waals surface area contributed by atoms with Gasteiger partial charge in [0.2, 0.25) is 0 Å². The van der Waals surface area contributed by atoms with Crippen molar-refractivity contribution < 1.29 is 14.7 Å². The van der Waals surface area contributed by atoms with Gasteiger partial charge in [-0.2, -0.15) is 5.10 Å². The van der Waals surface area contributed by atoms with Crippen LogP contribution in [0.1, 0.15) is 17.5 Å². The van der Waals surface area contributed by atoms with E-state index in [1.165, 1.54) is 4.90 Å². The summed E-state index contributed by atoms with van der Waals surface area (Å²) in [5.74, 6) is -0.922. The van der Waals surface area contributed by atoms with Crippen molar-refractivity contribution in [1.29, 1.82) is 0 Å². The number of carboxylic acid groups (broad SMARTS) is 1. The van der Waals surface area contributed by atoms with Gasteiger partial charge in [-0.3, -0.25) is 9.48 Å². The molecule has 0 aliphatic carbocycles. The van der Waals surface area contributed by atoms with Crippen LogP contribution < -0.4 is 5.32 Å². The van der Waals surface area contributed by atoms with Crippen LogP contribution in [0.2, 0.25) is 0 Å². The van der Waals surface area contributed by atoms with E-state index in [4.69, 9.17) is 5.11 Å². The van der Waals surface area contributed by atoms with Crippen molar-refractivity contribution in [1.82, 2.24) is 20.0 Å². The maximum atomic E-state index is 12.0. The molecule has 7 heteroatoms. The Morgan fingerprint density at radius 2 is 2.00 bits per heavy atom. The summed E-state index contributed by atoms with van der Waals surface area (Å²) in [6.45, 7) is 1.19. The van der Waals surface area contributed by atoms with Crippen molar-refractivity contribution in [2.24, 2.45) is 0 Å². The molecule has 0 atom stereocenters. The number of amides is 2.